The van der Waals surface area contributed by atoms with Crippen LogP contribution in [0.3, 0.4) is 0 Å². The Morgan fingerprint density at radius 2 is 2.05 bits per heavy atom. The highest BCUT2D eigenvalue weighted by atomic mass is 32.2. The van der Waals surface area contributed by atoms with Crippen molar-refractivity contribution in [1.29, 1.82) is 0 Å². The molecule has 1 aromatic heterocycles. The van der Waals surface area contributed by atoms with Crippen molar-refractivity contribution in [2.45, 2.75) is 31.3 Å². The zero-order valence-electron chi connectivity index (χ0n) is 11.0. The van der Waals surface area contributed by atoms with Gasteiger partial charge >= 0.3 is 11.9 Å². The van der Waals surface area contributed by atoms with Gasteiger partial charge in [0.25, 0.3) is 0 Å². The summed E-state index contributed by atoms with van der Waals surface area (Å²) in [5.74, 6) is -1.76. The fourth-order valence-corrected chi connectivity index (χ4v) is 2.30. The topological polar surface area (TPSA) is 93.8 Å². The minimum atomic E-state index is -1.57. The van der Waals surface area contributed by atoms with Crippen LogP contribution in [0.2, 0.25) is 0 Å². The van der Waals surface area contributed by atoms with Gasteiger partial charge in [0.15, 0.2) is 0 Å². The lowest BCUT2D eigenvalue weighted by molar-refractivity contribution is -0.145. The van der Waals surface area contributed by atoms with Crippen molar-refractivity contribution in [3.63, 3.8) is 0 Å². The average Bonchev–Trinajstić information content (AvgIpc) is 2.77. The first-order valence-electron chi connectivity index (χ1n) is 5.66. The van der Waals surface area contributed by atoms with Crippen molar-refractivity contribution < 1.29 is 28.1 Å². The van der Waals surface area contributed by atoms with E-state index in [9.17, 15) is 13.8 Å². The molecule has 0 fully saturated rings. The number of ether oxygens (including phenoxy) is 1. The Bertz CT molecular complexity index is 502. The monoisotopic (exact) mass is 288 g/mol. The van der Waals surface area contributed by atoms with Crippen molar-refractivity contribution in [1.82, 2.24) is 0 Å². The maximum absolute atomic E-state index is 12.1. The number of carboxylic acids is 1. The van der Waals surface area contributed by atoms with Crippen molar-refractivity contribution in [3.8, 4) is 0 Å². The van der Waals surface area contributed by atoms with E-state index in [-0.39, 0.29) is 23.9 Å². The van der Waals surface area contributed by atoms with E-state index in [0.717, 1.165) is 0 Å². The summed E-state index contributed by atoms with van der Waals surface area (Å²) in [6.07, 6.45) is 0. The van der Waals surface area contributed by atoms with Gasteiger partial charge in [-0.15, -0.1) is 0 Å². The predicted molar refractivity (Wildman–Crippen MR) is 68.2 cm³/mol. The minimum Gasteiger partial charge on any atom is -0.475 e. The second-order valence-corrected chi connectivity index (χ2v) is 6.29. The van der Waals surface area contributed by atoms with E-state index in [1.165, 1.54) is 26.0 Å². The van der Waals surface area contributed by atoms with Gasteiger partial charge in [0.2, 0.25) is 5.76 Å². The van der Waals surface area contributed by atoms with Crippen LogP contribution in [0, 0.1) is 0 Å². The van der Waals surface area contributed by atoms with E-state index in [1.807, 2.05) is 0 Å². The van der Waals surface area contributed by atoms with Crippen LogP contribution in [-0.4, -0.2) is 32.6 Å². The molecule has 0 spiro atoms. The van der Waals surface area contributed by atoms with E-state index < -0.39 is 27.5 Å². The van der Waals surface area contributed by atoms with Crippen LogP contribution < -0.4 is 0 Å². The molecule has 0 bridgehead atoms. The molecule has 1 atom stereocenters. The lowest BCUT2D eigenvalue weighted by Gasteiger charge is -2.20. The SMILES string of the molecule is CCOC(=O)C(C)(C)S(=O)Cc1ccc(C(=O)O)o1. The highest BCUT2D eigenvalue weighted by molar-refractivity contribution is 7.86. The molecule has 1 aromatic rings. The van der Waals surface area contributed by atoms with Crippen LogP contribution in [0.15, 0.2) is 16.5 Å². The van der Waals surface area contributed by atoms with Crippen LogP contribution in [0.5, 0.6) is 0 Å². The van der Waals surface area contributed by atoms with Crippen molar-refractivity contribution >= 4 is 22.7 Å². The zero-order chi connectivity index (χ0) is 14.6. The first kappa shape index (κ1) is 15.4. The highest BCUT2D eigenvalue weighted by Crippen LogP contribution is 2.20. The predicted octanol–water partition coefficient (Wildman–Crippen LogP) is 1.57. The van der Waals surface area contributed by atoms with Crippen LogP contribution in [-0.2, 0) is 26.1 Å². The van der Waals surface area contributed by atoms with Gasteiger partial charge in [-0.3, -0.25) is 9.00 Å². The molecule has 0 aliphatic heterocycles. The van der Waals surface area contributed by atoms with Gasteiger partial charge in [-0.1, -0.05) is 0 Å². The van der Waals surface area contributed by atoms with Crippen LogP contribution in [0.4, 0.5) is 0 Å². The van der Waals surface area contributed by atoms with Gasteiger partial charge in [0, 0.05) is 10.8 Å². The molecule has 0 aliphatic rings. The Balaban J connectivity index is 2.78. The fraction of sp³-hybridized carbons (Fsp3) is 0.500. The summed E-state index contributed by atoms with van der Waals surface area (Å²) in [7, 11) is -1.57. The number of carbonyl (C=O) groups excluding carboxylic acids is 1. The molecule has 19 heavy (non-hydrogen) atoms. The number of rotatable bonds is 6. The number of hydrogen-bond donors (Lipinski definition) is 1. The second kappa shape index (κ2) is 6.01. The highest BCUT2D eigenvalue weighted by Gasteiger charge is 2.36. The maximum Gasteiger partial charge on any atom is 0.371 e. The summed E-state index contributed by atoms with van der Waals surface area (Å²) >= 11 is 0. The van der Waals surface area contributed by atoms with Gasteiger partial charge in [0.1, 0.15) is 10.5 Å². The Morgan fingerprint density at radius 3 is 2.53 bits per heavy atom. The molecule has 1 unspecified atom stereocenters. The molecular weight excluding hydrogens is 272 g/mol. The van der Waals surface area contributed by atoms with Crippen LogP contribution >= 0.6 is 0 Å². The van der Waals surface area contributed by atoms with Gasteiger partial charge in [-0.2, -0.15) is 0 Å². The first-order valence-corrected chi connectivity index (χ1v) is 6.98. The molecule has 0 aliphatic carbocycles. The smallest absolute Gasteiger partial charge is 0.371 e. The second-order valence-electron chi connectivity index (χ2n) is 4.29. The Morgan fingerprint density at radius 1 is 1.42 bits per heavy atom. The zero-order valence-corrected chi connectivity index (χ0v) is 11.8. The maximum atomic E-state index is 12.1. The Hall–Kier alpha value is -1.63. The molecule has 1 heterocycles. The third kappa shape index (κ3) is 3.66. The quantitative estimate of drug-likeness (QED) is 0.798. The summed E-state index contributed by atoms with van der Waals surface area (Å²) < 4.78 is 20.8. The lowest BCUT2D eigenvalue weighted by atomic mass is 10.2. The van der Waals surface area contributed by atoms with Gasteiger partial charge in [0.05, 0.1) is 12.4 Å². The van der Waals surface area contributed by atoms with Crippen molar-refractivity contribution in [2.24, 2.45) is 0 Å². The molecule has 1 N–H and O–H groups in total. The van der Waals surface area contributed by atoms with E-state index >= 15 is 0 Å². The van der Waals surface area contributed by atoms with E-state index in [0.29, 0.717) is 0 Å². The van der Waals surface area contributed by atoms with Crippen LogP contribution in [0.25, 0.3) is 0 Å². The molecule has 6 nitrogen and oxygen atoms in total. The number of furan rings is 1. The molecular formula is C12H16O6S. The molecule has 0 radical (unpaired) electrons. The molecule has 0 saturated carbocycles. The molecule has 106 valence electrons. The fourth-order valence-electron chi connectivity index (χ4n) is 1.28. The summed E-state index contributed by atoms with van der Waals surface area (Å²) in [5.41, 5.74) is 0. The minimum absolute atomic E-state index is 0.0426. The molecule has 0 aromatic carbocycles. The Labute approximate surface area is 113 Å². The average molecular weight is 288 g/mol. The summed E-state index contributed by atoms with van der Waals surface area (Å²) in [4.78, 5) is 22.3. The third-order valence-corrected chi connectivity index (χ3v) is 4.33. The third-order valence-electron chi connectivity index (χ3n) is 2.48. The standard InChI is InChI=1S/C12H16O6S/c1-4-17-11(15)12(2,3)19(16)7-8-5-6-9(18-8)10(13)14/h5-6H,4,7H2,1-3H3,(H,13,14). The summed E-state index contributed by atoms with van der Waals surface area (Å²) in [5, 5.41) is 8.71. The number of esters is 1. The van der Waals surface area contributed by atoms with Gasteiger partial charge in [-0.05, 0) is 32.9 Å². The van der Waals surface area contributed by atoms with Gasteiger partial charge in [-0.25, -0.2) is 4.79 Å². The lowest BCUT2D eigenvalue weighted by Crippen LogP contribution is -2.38. The van der Waals surface area contributed by atoms with E-state index in [2.05, 4.69) is 0 Å². The molecule has 0 amide bonds. The molecule has 7 heteroatoms. The molecule has 1 rings (SSSR count). The number of aromatic carboxylic acids is 1. The Kier molecular flexibility index (Phi) is 4.88. The normalized spacial score (nSPS) is 13.0. The largest absolute Gasteiger partial charge is 0.475 e. The summed E-state index contributed by atoms with van der Waals surface area (Å²) in [6.45, 7) is 4.91. The summed E-state index contributed by atoms with van der Waals surface area (Å²) in [6, 6.07) is 2.72. The number of carboxylic acid groups (broad SMARTS) is 1. The van der Waals surface area contributed by atoms with Crippen molar-refractivity contribution in [3.05, 3.63) is 23.7 Å². The van der Waals surface area contributed by atoms with E-state index in [4.69, 9.17) is 14.3 Å². The van der Waals surface area contributed by atoms with Crippen LogP contribution in [0.1, 0.15) is 37.1 Å². The first-order chi connectivity index (χ1) is 8.78. The number of hydrogen-bond acceptors (Lipinski definition) is 5. The molecule has 0 saturated heterocycles. The number of carbonyl (C=O) groups is 2. The van der Waals surface area contributed by atoms with Crippen molar-refractivity contribution in [2.75, 3.05) is 6.61 Å². The van der Waals surface area contributed by atoms with Gasteiger partial charge < -0.3 is 14.3 Å². The van der Waals surface area contributed by atoms with E-state index in [1.54, 1.807) is 6.92 Å².